The van der Waals surface area contributed by atoms with Crippen LogP contribution >= 0.6 is 0 Å². The Hall–Kier alpha value is -1.75. The van der Waals surface area contributed by atoms with E-state index in [-0.39, 0.29) is 10.6 Å². The Kier molecular flexibility index (Phi) is 7.44. The SMILES string of the molecule is C[C@H]1CCCN(S(=O)(=O)c2ccc(NCCC[NH+]3CCOCC3)c([N+](=O)[O-])c2)C1. The third-order valence-corrected chi connectivity index (χ3v) is 7.51. The Bertz CT molecular complexity index is 811. The number of sulfonamides is 1. The highest BCUT2D eigenvalue weighted by atomic mass is 32.2. The molecule has 1 aromatic rings. The van der Waals surface area contributed by atoms with Crippen LogP contribution in [0.1, 0.15) is 26.2 Å². The molecular formula is C19H31N4O5S+. The first kappa shape index (κ1) is 21.9. The predicted molar refractivity (Wildman–Crippen MR) is 110 cm³/mol. The van der Waals surface area contributed by atoms with E-state index in [1.165, 1.54) is 27.4 Å². The second-order valence-corrected chi connectivity index (χ2v) is 9.88. The Morgan fingerprint density at radius 2 is 2.10 bits per heavy atom. The molecule has 162 valence electrons. The number of benzene rings is 1. The number of nitrogens with zero attached hydrogens (tertiary/aromatic N) is 2. The van der Waals surface area contributed by atoms with E-state index < -0.39 is 14.9 Å². The van der Waals surface area contributed by atoms with Gasteiger partial charge in [0.15, 0.2) is 0 Å². The van der Waals surface area contributed by atoms with Crippen molar-refractivity contribution in [1.82, 2.24) is 4.31 Å². The van der Waals surface area contributed by atoms with Crippen molar-refractivity contribution in [3.8, 4) is 0 Å². The van der Waals surface area contributed by atoms with Crippen molar-refractivity contribution in [3.05, 3.63) is 28.3 Å². The van der Waals surface area contributed by atoms with Crippen LogP contribution in [-0.4, -0.2) is 70.1 Å². The summed E-state index contributed by atoms with van der Waals surface area (Å²) < 4.78 is 32.6. The van der Waals surface area contributed by atoms with Crippen molar-refractivity contribution >= 4 is 21.4 Å². The Morgan fingerprint density at radius 3 is 2.79 bits per heavy atom. The highest BCUT2D eigenvalue weighted by molar-refractivity contribution is 7.89. The second kappa shape index (κ2) is 9.84. The topological polar surface area (TPSA) is 106 Å². The molecule has 10 heteroatoms. The molecule has 0 bridgehead atoms. The van der Waals surface area contributed by atoms with Gasteiger partial charge in [-0.05, 0) is 30.9 Å². The molecule has 29 heavy (non-hydrogen) atoms. The zero-order valence-electron chi connectivity index (χ0n) is 16.9. The zero-order valence-corrected chi connectivity index (χ0v) is 17.7. The number of nitrogens with one attached hydrogen (secondary N) is 2. The first-order valence-corrected chi connectivity index (χ1v) is 11.8. The lowest BCUT2D eigenvalue weighted by atomic mass is 10.0. The van der Waals surface area contributed by atoms with Crippen molar-refractivity contribution in [2.75, 3.05) is 57.8 Å². The van der Waals surface area contributed by atoms with E-state index in [1.54, 1.807) is 0 Å². The summed E-state index contributed by atoms with van der Waals surface area (Å²) in [5, 5.41) is 14.7. The number of hydrogen-bond acceptors (Lipinski definition) is 6. The van der Waals surface area contributed by atoms with Gasteiger partial charge in [-0.3, -0.25) is 10.1 Å². The number of anilines is 1. The van der Waals surface area contributed by atoms with Gasteiger partial charge in [0.05, 0.1) is 29.6 Å². The first-order chi connectivity index (χ1) is 13.9. The predicted octanol–water partition coefficient (Wildman–Crippen LogP) is 0.733. The van der Waals surface area contributed by atoms with E-state index in [4.69, 9.17) is 4.74 Å². The maximum atomic E-state index is 12.9. The van der Waals surface area contributed by atoms with Crippen LogP contribution < -0.4 is 10.2 Å². The highest BCUT2D eigenvalue weighted by Crippen LogP contribution is 2.30. The van der Waals surface area contributed by atoms with Crippen molar-refractivity contribution < 1.29 is 23.0 Å². The summed E-state index contributed by atoms with van der Waals surface area (Å²) in [6, 6.07) is 4.17. The van der Waals surface area contributed by atoms with Crippen LogP contribution in [0, 0.1) is 16.0 Å². The summed E-state index contributed by atoms with van der Waals surface area (Å²) in [5.74, 6) is 0.294. The van der Waals surface area contributed by atoms with Crippen LogP contribution in [0.25, 0.3) is 0 Å². The van der Waals surface area contributed by atoms with Gasteiger partial charge in [0.25, 0.3) is 5.69 Å². The third-order valence-electron chi connectivity index (χ3n) is 5.65. The van der Waals surface area contributed by atoms with E-state index in [2.05, 4.69) is 5.32 Å². The van der Waals surface area contributed by atoms with E-state index in [9.17, 15) is 18.5 Å². The molecule has 0 unspecified atom stereocenters. The maximum absolute atomic E-state index is 12.9. The molecule has 1 atom stereocenters. The number of nitro benzene ring substituents is 1. The van der Waals surface area contributed by atoms with E-state index in [0.717, 1.165) is 52.1 Å². The second-order valence-electron chi connectivity index (χ2n) is 7.94. The van der Waals surface area contributed by atoms with Gasteiger partial charge in [0, 0.05) is 32.1 Å². The number of piperidine rings is 1. The van der Waals surface area contributed by atoms with Crippen LogP contribution in [0.3, 0.4) is 0 Å². The molecule has 3 rings (SSSR count). The fourth-order valence-electron chi connectivity index (χ4n) is 3.96. The zero-order chi connectivity index (χ0) is 20.9. The van der Waals surface area contributed by atoms with Gasteiger partial charge in [-0.25, -0.2) is 8.42 Å². The molecule has 2 heterocycles. The monoisotopic (exact) mass is 427 g/mol. The van der Waals surface area contributed by atoms with Crippen molar-refractivity contribution in [2.45, 2.75) is 31.1 Å². The molecular weight excluding hydrogens is 396 g/mol. The largest absolute Gasteiger partial charge is 0.379 e. The number of ether oxygens (including phenoxy) is 1. The van der Waals surface area contributed by atoms with Crippen LogP contribution in [-0.2, 0) is 14.8 Å². The minimum absolute atomic E-state index is 0.0124. The number of morpholine rings is 1. The van der Waals surface area contributed by atoms with Gasteiger partial charge in [-0.15, -0.1) is 0 Å². The standard InChI is InChI=1S/C19H30N4O5S/c1-16-4-2-9-22(15-16)29(26,27)17-5-6-18(19(14-17)23(24)25)20-7-3-8-21-10-12-28-13-11-21/h5-6,14,16,20H,2-4,7-13,15H2,1H3/p+1/t16-/m0/s1. The molecule has 1 aromatic carbocycles. The summed E-state index contributed by atoms with van der Waals surface area (Å²) in [4.78, 5) is 12.5. The maximum Gasteiger partial charge on any atom is 0.293 e. The van der Waals surface area contributed by atoms with E-state index in [1.807, 2.05) is 6.92 Å². The van der Waals surface area contributed by atoms with Crippen molar-refractivity contribution in [2.24, 2.45) is 5.92 Å². The number of rotatable bonds is 8. The highest BCUT2D eigenvalue weighted by Gasteiger charge is 2.30. The molecule has 0 aliphatic carbocycles. The first-order valence-electron chi connectivity index (χ1n) is 10.3. The normalized spacial score (nSPS) is 21.8. The van der Waals surface area contributed by atoms with E-state index in [0.29, 0.717) is 31.2 Å². The van der Waals surface area contributed by atoms with Crippen LogP contribution in [0.5, 0.6) is 0 Å². The Labute approximate surface area is 172 Å². The molecule has 0 spiro atoms. The van der Waals surface area contributed by atoms with Gasteiger partial charge in [0.2, 0.25) is 10.0 Å². The molecule has 2 aliphatic heterocycles. The van der Waals surface area contributed by atoms with Crippen LogP contribution in [0.2, 0.25) is 0 Å². The summed E-state index contributed by atoms with van der Waals surface area (Å²) in [6.07, 6.45) is 2.69. The van der Waals surface area contributed by atoms with Gasteiger partial charge >= 0.3 is 0 Å². The summed E-state index contributed by atoms with van der Waals surface area (Å²) in [5.41, 5.74) is 0.160. The molecule has 2 N–H and O–H groups in total. The van der Waals surface area contributed by atoms with Crippen molar-refractivity contribution in [1.29, 1.82) is 0 Å². The molecule has 2 aliphatic rings. The quantitative estimate of drug-likeness (QED) is 0.360. The third kappa shape index (κ3) is 5.65. The van der Waals surface area contributed by atoms with Gasteiger partial charge in [-0.2, -0.15) is 4.31 Å². The number of hydrogen-bond donors (Lipinski definition) is 2. The Balaban J connectivity index is 1.65. The average molecular weight is 428 g/mol. The minimum atomic E-state index is -3.72. The van der Waals surface area contributed by atoms with Crippen LogP contribution in [0.4, 0.5) is 11.4 Å². The molecule has 0 aromatic heterocycles. The molecule has 2 fully saturated rings. The van der Waals surface area contributed by atoms with Gasteiger partial charge in [0.1, 0.15) is 18.8 Å². The van der Waals surface area contributed by atoms with Crippen LogP contribution in [0.15, 0.2) is 23.1 Å². The number of nitro groups is 1. The lowest BCUT2D eigenvalue weighted by Crippen LogP contribution is -3.14. The fourth-order valence-corrected chi connectivity index (χ4v) is 5.58. The number of quaternary nitrogens is 1. The summed E-state index contributed by atoms with van der Waals surface area (Å²) in [7, 11) is -3.72. The smallest absolute Gasteiger partial charge is 0.293 e. The van der Waals surface area contributed by atoms with Gasteiger partial charge in [-0.1, -0.05) is 6.92 Å². The molecule has 2 saturated heterocycles. The molecule has 0 saturated carbocycles. The van der Waals surface area contributed by atoms with Crippen molar-refractivity contribution in [3.63, 3.8) is 0 Å². The molecule has 0 amide bonds. The molecule has 0 radical (unpaired) electrons. The average Bonchev–Trinajstić information content (AvgIpc) is 2.72. The summed E-state index contributed by atoms with van der Waals surface area (Å²) >= 11 is 0. The van der Waals surface area contributed by atoms with E-state index >= 15 is 0 Å². The minimum Gasteiger partial charge on any atom is -0.379 e. The fraction of sp³-hybridized carbons (Fsp3) is 0.684. The lowest BCUT2D eigenvalue weighted by molar-refractivity contribution is -0.908. The van der Waals surface area contributed by atoms with Gasteiger partial charge < -0.3 is 15.0 Å². The lowest BCUT2D eigenvalue weighted by Gasteiger charge is -2.30. The Morgan fingerprint density at radius 1 is 1.34 bits per heavy atom. The molecule has 9 nitrogen and oxygen atoms in total. The summed E-state index contributed by atoms with van der Waals surface area (Å²) in [6.45, 7) is 8.05.